The Hall–Kier alpha value is -3.40. The summed E-state index contributed by atoms with van der Waals surface area (Å²) in [7, 11) is 0. The van der Waals surface area contributed by atoms with Gasteiger partial charge in [-0.15, -0.1) is 5.10 Å². The Balaban J connectivity index is 1.66. The van der Waals surface area contributed by atoms with Crippen molar-refractivity contribution in [1.29, 1.82) is 0 Å². The van der Waals surface area contributed by atoms with Crippen LogP contribution in [-0.4, -0.2) is 45.1 Å². The summed E-state index contributed by atoms with van der Waals surface area (Å²) in [6, 6.07) is 10.4. The molecule has 9 nitrogen and oxygen atoms in total. The fourth-order valence-electron chi connectivity index (χ4n) is 3.69. The number of nitro benzene ring substituents is 1. The lowest BCUT2D eigenvalue weighted by Crippen LogP contribution is -2.35. The van der Waals surface area contributed by atoms with E-state index in [-0.39, 0.29) is 18.5 Å². The molecule has 0 aliphatic carbocycles. The van der Waals surface area contributed by atoms with Crippen LogP contribution in [0.15, 0.2) is 51.7 Å². The highest BCUT2D eigenvalue weighted by molar-refractivity contribution is 8.14. The Bertz CT molecular complexity index is 1160. The predicted octanol–water partition coefficient (Wildman–Crippen LogP) is 3.80. The van der Waals surface area contributed by atoms with E-state index in [1.54, 1.807) is 23.9 Å². The van der Waals surface area contributed by atoms with Gasteiger partial charge in [-0.2, -0.15) is 10.2 Å². The molecule has 3 aliphatic rings. The first kappa shape index (κ1) is 19.6. The van der Waals surface area contributed by atoms with Crippen LogP contribution >= 0.6 is 11.8 Å². The second-order valence-corrected chi connectivity index (χ2v) is 8.46. The zero-order valence-electron chi connectivity index (χ0n) is 16.9. The molecule has 0 radical (unpaired) electrons. The van der Waals surface area contributed by atoms with Crippen molar-refractivity contribution in [3.8, 4) is 11.5 Å². The molecule has 0 spiro atoms. The molecule has 0 saturated heterocycles. The largest absolute Gasteiger partial charge is 0.454 e. The highest BCUT2D eigenvalue weighted by atomic mass is 32.2. The first-order valence-corrected chi connectivity index (χ1v) is 10.8. The zero-order chi connectivity index (χ0) is 21.5. The van der Waals surface area contributed by atoms with Crippen molar-refractivity contribution in [2.24, 2.45) is 15.3 Å². The van der Waals surface area contributed by atoms with E-state index >= 15 is 0 Å². The van der Waals surface area contributed by atoms with E-state index in [4.69, 9.17) is 14.6 Å². The van der Waals surface area contributed by atoms with Crippen LogP contribution < -0.4 is 9.47 Å². The van der Waals surface area contributed by atoms with Gasteiger partial charge in [0.1, 0.15) is 0 Å². The number of ether oxygens (including phenoxy) is 2. The smallest absolute Gasteiger partial charge is 0.269 e. The lowest BCUT2D eigenvalue weighted by atomic mass is 9.94. The molecule has 158 valence electrons. The van der Waals surface area contributed by atoms with Gasteiger partial charge in [0, 0.05) is 34.7 Å². The normalized spacial score (nSPS) is 19.7. The van der Waals surface area contributed by atoms with Crippen LogP contribution in [-0.2, 0) is 6.42 Å². The molecule has 0 N–H and O–H groups in total. The number of nitro groups is 1. The number of rotatable bonds is 2. The van der Waals surface area contributed by atoms with Gasteiger partial charge in [0.25, 0.3) is 5.69 Å². The van der Waals surface area contributed by atoms with Crippen molar-refractivity contribution >= 4 is 34.0 Å². The molecule has 2 aromatic rings. The summed E-state index contributed by atoms with van der Waals surface area (Å²) in [5, 5.41) is 27.3. The minimum Gasteiger partial charge on any atom is -0.454 e. The summed E-state index contributed by atoms with van der Waals surface area (Å²) in [6.45, 7) is 4.22. The molecule has 0 amide bonds. The Morgan fingerprint density at radius 1 is 1.16 bits per heavy atom. The quantitative estimate of drug-likeness (QED) is 0.523. The molecule has 3 aliphatic heterocycles. The standard InChI is InChI=1S/C21H19N5O4S/c1-12-10-31-21(23-22-12)25-13(2)7-15-8-18-19(30-11-29-18)9-17(15)20(24-25)14-3-5-16(6-4-14)26(27)28/h3-6,8-9,13H,7,10-11H2,1-2H3. The summed E-state index contributed by atoms with van der Waals surface area (Å²) in [5.74, 6) is 2.14. The molecule has 3 heterocycles. The van der Waals surface area contributed by atoms with E-state index in [2.05, 4.69) is 17.1 Å². The number of thioether (sulfide) groups is 1. The van der Waals surface area contributed by atoms with Gasteiger partial charge in [0.15, 0.2) is 11.5 Å². The van der Waals surface area contributed by atoms with Crippen LogP contribution in [0.1, 0.15) is 30.5 Å². The van der Waals surface area contributed by atoms with Gasteiger partial charge in [-0.3, -0.25) is 10.1 Å². The van der Waals surface area contributed by atoms with Gasteiger partial charge in [-0.25, -0.2) is 5.01 Å². The van der Waals surface area contributed by atoms with Crippen LogP contribution in [0, 0.1) is 10.1 Å². The van der Waals surface area contributed by atoms with E-state index in [0.29, 0.717) is 23.6 Å². The summed E-state index contributed by atoms with van der Waals surface area (Å²) in [4.78, 5) is 10.7. The van der Waals surface area contributed by atoms with Crippen molar-refractivity contribution in [3.05, 3.63) is 63.2 Å². The van der Waals surface area contributed by atoms with E-state index < -0.39 is 4.92 Å². The van der Waals surface area contributed by atoms with Gasteiger partial charge in [-0.05, 0) is 50.1 Å². The molecule has 0 aromatic heterocycles. The van der Waals surface area contributed by atoms with Crippen LogP contribution in [0.5, 0.6) is 11.5 Å². The summed E-state index contributed by atoms with van der Waals surface area (Å²) >= 11 is 1.59. The van der Waals surface area contributed by atoms with Gasteiger partial charge < -0.3 is 9.47 Å². The predicted molar refractivity (Wildman–Crippen MR) is 119 cm³/mol. The average molecular weight is 437 g/mol. The molecule has 1 atom stereocenters. The molecule has 10 heteroatoms. The summed E-state index contributed by atoms with van der Waals surface area (Å²) in [5.41, 5.74) is 4.44. The third kappa shape index (κ3) is 3.63. The van der Waals surface area contributed by atoms with E-state index in [9.17, 15) is 10.1 Å². The molecule has 0 bridgehead atoms. The number of amidine groups is 1. The van der Waals surface area contributed by atoms with Gasteiger partial charge in [0.05, 0.1) is 16.7 Å². The summed E-state index contributed by atoms with van der Waals surface area (Å²) in [6.07, 6.45) is 0.716. The topological polar surface area (TPSA) is 102 Å². The third-order valence-corrected chi connectivity index (χ3v) is 6.35. The molecule has 1 unspecified atom stereocenters. The minimum atomic E-state index is -0.410. The van der Waals surface area contributed by atoms with Crippen LogP contribution in [0.4, 0.5) is 5.69 Å². The Morgan fingerprint density at radius 3 is 2.58 bits per heavy atom. The molecule has 5 rings (SSSR count). The first-order valence-electron chi connectivity index (χ1n) is 9.79. The molecule has 31 heavy (non-hydrogen) atoms. The van der Waals surface area contributed by atoms with Crippen molar-refractivity contribution in [2.75, 3.05) is 12.5 Å². The number of non-ortho nitro benzene ring substituents is 1. The van der Waals surface area contributed by atoms with Crippen molar-refractivity contribution in [1.82, 2.24) is 5.01 Å². The molecule has 2 aromatic carbocycles. The number of benzene rings is 2. The lowest BCUT2D eigenvalue weighted by Gasteiger charge is -2.26. The number of hydrogen-bond acceptors (Lipinski definition) is 9. The van der Waals surface area contributed by atoms with Crippen molar-refractivity contribution in [3.63, 3.8) is 0 Å². The van der Waals surface area contributed by atoms with E-state index in [0.717, 1.165) is 33.3 Å². The maximum absolute atomic E-state index is 11.1. The van der Waals surface area contributed by atoms with Crippen molar-refractivity contribution < 1.29 is 14.4 Å². The summed E-state index contributed by atoms with van der Waals surface area (Å²) < 4.78 is 11.2. The second kappa shape index (κ2) is 7.69. The monoisotopic (exact) mass is 437 g/mol. The minimum absolute atomic E-state index is 0.0227. The Morgan fingerprint density at radius 2 is 1.90 bits per heavy atom. The van der Waals surface area contributed by atoms with Crippen LogP contribution in [0.25, 0.3) is 0 Å². The van der Waals surface area contributed by atoms with Crippen molar-refractivity contribution in [2.45, 2.75) is 26.3 Å². The SMILES string of the molecule is CC1=NN=C(N2N=C(c3ccc([N+](=O)[O-])cc3)c3cc4c(cc3CC2C)OCO4)SC1. The van der Waals surface area contributed by atoms with E-state index in [1.165, 1.54) is 12.1 Å². The number of fused-ring (bicyclic) bond motifs is 2. The van der Waals surface area contributed by atoms with Gasteiger partial charge in [0.2, 0.25) is 12.0 Å². The highest BCUT2D eigenvalue weighted by Gasteiger charge is 2.30. The van der Waals surface area contributed by atoms with Gasteiger partial charge >= 0.3 is 0 Å². The van der Waals surface area contributed by atoms with Crippen LogP contribution in [0.3, 0.4) is 0 Å². The van der Waals surface area contributed by atoms with Crippen LogP contribution in [0.2, 0.25) is 0 Å². The molecular formula is C21H19N5O4S. The maximum atomic E-state index is 11.1. The second-order valence-electron chi connectivity index (χ2n) is 7.52. The lowest BCUT2D eigenvalue weighted by molar-refractivity contribution is -0.384. The number of hydrazone groups is 1. The number of hydrogen-bond donors (Lipinski definition) is 0. The zero-order valence-corrected chi connectivity index (χ0v) is 17.8. The fourth-order valence-corrected chi connectivity index (χ4v) is 4.54. The Kier molecular flexibility index (Phi) is 4.85. The first-order chi connectivity index (χ1) is 15.0. The Labute approximate surface area is 182 Å². The fraction of sp³-hybridized carbons (Fsp3) is 0.286. The van der Waals surface area contributed by atoms with Gasteiger partial charge in [-0.1, -0.05) is 11.8 Å². The highest BCUT2D eigenvalue weighted by Crippen LogP contribution is 2.38. The third-order valence-electron chi connectivity index (χ3n) is 5.26. The molecule has 0 fully saturated rings. The molecular weight excluding hydrogens is 418 g/mol. The number of nitrogens with zero attached hydrogens (tertiary/aromatic N) is 5. The molecule has 0 saturated carbocycles. The average Bonchev–Trinajstić information content (AvgIpc) is 3.17. The van der Waals surface area contributed by atoms with E-state index in [1.807, 2.05) is 24.1 Å². The maximum Gasteiger partial charge on any atom is 0.269 e.